The fourth-order valence-electron chi connectivity index (χ4n) is 4.18. The Bertz CT molecular complexity index is 995. The number of carbonyl (C=O) groups is 2. The highest BCUT2D eigenvalue weighted by Crippen LogP contribution is 2.32. The van der Waals surface area contributed by atoms with Crippen LogP contribution in [0.1, 0.15) is 35.0 Å². The molecule has 2 N–H and O–H groups in total. The summed E-state index contributed by atoms with van der Waals surface area (Å²) in [5.74, 6) is 0.367. The first-order valence-electron chi connectivity index (χ1n) is 11.0. The summed E-state index contributed by atoms with van der Waals surface area (Å²) >= 11 is 0. The molecule has 2 fully saturated rings. The average Bonchev–Trinajstić information content (AvgIpc) is 3.22. The monoisotopic (exact) mass is 438 g/mol. The molecule has 9 nitrogen and oxygen atoms in total. The van der Waals surface area contributed by atoms with Crippen LogP contribution in [0, 0.1) is 0 Å². The van der Waals surface area contributed by atoms with Crippen LogP contribution in [0.4, 0.5) is 5.95 Å². The van der Waals surface area contributed by atoms with Crippen molar-refractivity contribution >= 4 is 17.8 Å². The number of primary amides is 1. The van der Waals surface area contributed by atoms with Gasteiger partial charge in [-0.2, -0.15) is 0 Å². The predicted octanol–water partition coefficient (Wildman–Crippen LogP) is 1.30. The molecule has 1 aromatic carbocycles. The third kappa shape index (κ3) is 4.89. The number of likely N-dealkylation sites (tertiary alicyclic amines) is 1. The molecule has 3 heterocycles. The number of morpholine rings is 1. The van der Waals surface area contributed by atoms with Gasteiger partial charge in [-0.15, -0.1) is 0 Å². The molecule has 0 bridgehead atoms. The number of carbonyl (C=O) groups excluding carboxylic acids is 2. The van der Waals surface area contributed by atoms with Gasteiger partial charge in [0, 0.05) is 70.6 Å². The summed E-state index contributed by atoms with van der Waals surface area (Å²) in [6.45, 7) is 4.48. The van der Waals surface area contributed by atoms with E-state index < -0.39 is 5.91 Å². The lowest BCUT2D eigenvalue weighted by atomic mass is 9.99. The van der Waals surface area contributed by atoms with Gasteiger partial charge in [-0.3, -0.25) is 14.5 Å². The van der Waals surface area contributed by atoms with Crippen molar-refractivity contribution in [3.8, 4) is 11.1 Å². The van der Waals surface area contributed by atoms with Crippen molar-refractivity contribution in [2.45, 2.75) is 18.9 Å². The molecule has 2 amide bonds. The number of benzene rings is 1. The minimum absolute atomic E-state index is 0.244. The summed E-state index contributed by atoms with van der Waals surface area (Å²) in [6.07, 6.45) is 3.15. The highest BCUT2D eigenvalue weighted by molar-refractivity contribution is 5.94. The second-order valence-electron chi connectivity index (χ2n) is 8.45. The smallest absolute Gasteiger partial charge is 0.248 e. The van der Waals surface area contributed by atoms with Crippen LogP contribution in [-0.2, 0) is 9.53 Å². The number of ether oxygens (including phenoxy) is 1. The number of rotatable bonds is 7. The van der Waals surface area contributed by atoms with E-state index in [9.17, 15) is 9.59 Å². The number of nitrogens with zero attached hydrogens (tertiary/aromatic N) is 5. The molecule has 2 aromatic rings. The molecule has 170 valence electrons. The summed E-state index contributed by atoms with van der Waals surface area (Å²) in [7, 11) is 3.79. The van der Waals surface area contributed by atoms with Crippen LogP contribution in [0.25, 0.3) is 11.1 Å². The molecule has 0 radical (unpaired) electrons. The van der Waals surface area contributed by atoms with Crippen molar-refractivity contribution < 1.29 is 14.3 Å². The lowest BCUT2D eigenvalue weighted by molar-refractivity contribution is -0.128. The quantitative estimate of drug-likeness (QED) is 0.695. The first kappa shape index (κ1) is 22.2. The Balaban J connectivity index is 1.59. The van der Waals surface area contributed by atoms with E-state index in [-0.39, 0.29) is 12.0 Å². The Morgan fingerprint density at radius 1 is 1.28 bits per heavy atom. The highest BCUT2D eigenvalue weighted by atomic mass is 16.5. The van der Waals surface area contributed by atoms with Crippen LogP contribution in [0.15, 0.2) is 30.5 Å². The third-order valence-corrected chi connectivity index (χ3v) is 5.98. The highest BCUT2D eigenvalue weighted by Gasteiger charge is 2.28. The number of nitrogens with two attached hydrogens (primary N) is 1. The molecule has 32 heavy (non-hydrogen) atoms. The normalized spacial score (nSPS) is 19.4. The zero-order chi connectivity index (χ0) is 22.7. The number of hydrogen-bond donors (Lipinski definition) is 1. The standard InChI is InChI=1S/C23H30N6O3/c1-27(2)23-25-14-18(16-5-3-6-17(13-16)22(24)31)21(26-23)19-15-28(11-12-32-19)9-10-29-8-4-7-20(29)30/h3,5-6,13-14,19H,4,7-12,15H2,1-2H3,(H2,24,31)/t19-/m0/s1. The molecule has 9 heteroatoms. The number of anilines is 1. The van der Waals surface area contributed by atoms with Crippen LogP contribution in [0.2, 0.25) is 0 Å². The maximum absolute atomic E-state index is 11.9. The minimum Gasteiger partial charge on any atom is -0.369 e. The van der Waals surface area contributed by atoms with E-state index in [1.807, 2.05) is 30.0 Å². The molecule has 0 spiro atoms. The molecule has 0 aliphatic carbocycles. The predicted molar refractivity (Wildman–Crippen MR) is 121 cm³/mol. The Labute approximate surface area is 188 Å². The zero-order valence-electron chi connectivity index (χ0n) is 18.7. The van der Waals surface area contributed by atoms with E-state index in [4.69, 9.17) is 15.5 Å². The van der Waals surface area contributed by atoms with Gasteiger partial charge < -0.3 is 20.3 Å². The maximum atomic E-state index is 11.9. The van der Waals surface area contributed by atoms with Gasteiger partial charge >= 0.3 is 0 Å². The van der Waals surface area contributed by atoms with Crippen LogP contribution >= 0.6 is 0 Å². The van der Waals surface area contributed by atoms with Gasteiger partial charge in [0.05, 0.1) is 12.3 Å². The lowest BCUT2D eigenvalue weighted by Crippen LogP contribution is -2.43. The number of aromatic nitrogens is 2. The second kappa shape index (κ2) is 9.62. The molecule has 1 aromatic heterocycles. The fraction of sp³-hybridized carbons (Fsp3) is 0.478. The summed E-state index contributed by atoms with van der Waals surface area (Å²) < 4.78 is 6.14. The first-order chi connectivity index (χ1) is 15.4. The van der Waals surface area contributed by atoms with Crippen LogP contribution in [0.5, 0.6) is 0 Å². The summed E-state index contributed by atoms with van der Waals surface area (Å²) in [5.41, 5.74) is 8.35. The Kier molecular flexibility index (Phi) is 6.66. The second-order valence-corrected chi connectivity index (χ2v) is 8.45. The van der Waals surface area contributed by atoms with Crippen LogP contribution in [-0.4, -0.2) is 85.0 Å². The molecule has 2 saturated heterocycles. The van der Waals surface area contributed by atoms with Gasteiger partial charge in [0.2, 0.25) is 17.8 Å². The SMILES string of the molecule is CN(C)c1ncc(-c2cccc(C(N)=O)c2)c([C@@H]2CN(CCN3CCCC3=O)CCO2)n1. The molecular weight excluding hydrogens is 408 g/mol. The third-order valence-electron chi connectivity index (χ3n) is 5.98. The number of amides is 2. The lowest BCUT2D eigenvalue weighted by Gasteiger charge is -2.34. The molecular formula is C23H30N6O3. The molecule has 0 saturated carbocycles. The van der Waals surface area contributed by atoms with Crippen molar-refractivity contribution in [3.05, 3.63) is 41.7 Å². The van der Waals surface area contributed by atoms with E-state index in [0.29, 0.717) is 31.1 Å². The Morgan fingerprint density at radius 2 is 2.12 bits per heavy atom. The van der Waals surface area contributed by atoms with E-state index in [0.717, 1.165) is 49.4 Å². The maximum Gasteiger partial charge on any atom is 0.248 e. The van der Waals surface area contributed by atoms with Crippen molar-refractivity contribution in [1.29, 1.82) is 0 Å². The van der Waals surface area contributed by atoms with Gasteiger partial charge in [0.25, 0.3) is 0 Å². The summed E-state index contributed by atoms with van der Waals surface area (Å²) in [4.78, 5) is 39.0. The molecule has 2 aliphatic rings. The van der Waals surface area contributed by atoms with E-state index in [2.05, 4.69) is 9.88 Å². The summed E-state index contributed by atoms with van der Waals surface area (Å²) in [5, 5.41) is 0. The van der Waals surface area contributed by atoms with Gasteiger partial charge in [-0.05, 0) is 24.1 Å². The number of hydrogen-bond acceptors (Lipinski definition) is 7. The van der Waals surface area contributed by atoms with Crippen molar-refractivity contribution in [2.75, 3.05) is 58.3 Å². The molecule has 2 aliphatic heterocycles. The summed E-state index contributed by atoms with van der Waals surface area (Å²) in [6, 6.07) is 7.18. The molecule has 1 atom stereocenters. The molecule has 0 unspecified atom stereocenters. The Morgan fingerprint density at radius 3 is 2.84 bits per heavy atom. The zero-order valence-corrected chi connectivity index (χ0v) is 18.7. The Hall–Kier alpha value is -3.04. The van der Waals surface area contributed by atoms with Gasteiger partial charge in [-0.25, -0.2) is 9.97 Å². The van der Waals surface area contributed by atoms with Gasteiger partial charge in [0.15, 0.2) is 0 Å². The van der Waals surface area contributed by atoms with Crippen molar-refractivity contribution in [3.63, 3.8) is 0 Å². The van der Waals surface area contributed by atoms with Crippen molar-refractivity contribution in [2.24, 2.45) is 5.73 Å². The van der Waals surface area contributed by atoms with Crippen molar-refractivity contribution in [1.82, 2.24) is 19.8 Å². The van der Waals surface area contributed by atoms with E-state index in [1.54, 1.807) is 24.4 Å². The topological polar surface area (TPSA) is 105 Å². The van der Waals surface area contributed by atoms with Crippen LogP contribution in [0.3, 0.4) is 0 Å². The first-order valence-corrected chi connectivity index (χ1v) is 11.0. The largest absolute Gasteiger partial charge is 0.369 e. The van der Waals surface area contributed by atoms with Crippen LogP contribution < -0.4 is 10.6 Å². The van der Waals surface area contributed by atoms with E-state index in [1.165, 1.54) is 0 Å². The van der Waals surface area contributed by atoms with Gasteiger partial charge in [-0.1, -0.05) is 12.1 Å². The van der Waals surface area contributed by atoms with Gasteiger partial charge in [0.1, 0.15) is 6.10 Å². The fourth-order valence-corrected chi connectivity index (χ4v) is 4.18. The molecule has 4 rings (SSSR count). The average molecular weight is 439 g/mol. The minimum atomic E-state index is -0.476. The van der Waals surface area contributed by atoms with E-state index >= 15 is 0 Å².